The van der Waals surface area contributed by atoms with E-state index in [1.54, 1.807) is 76.7 Å². The summed E-state index contributed by atoms with van der Waals surface area (Å²) in [4.78, 5) is 87.5. The Balaban J connectivity index is 0.000000352. The molecule has 0 heterocycles. The van der Waals surface area contributed by atoms with E-state index < -0.39 is 42.4 Å². The standard InChI is InChI=1S/C15H22BrNO.2C13H7Br2N3O6.2C9H11BrN2O.2C7H3Br2NO/c1-14(2,3)12(16)13(18)17-15(4,5)11-9-7-6-8-10-11;2*14-9-3-7(4-10(15)13(9)19)6-16-24-12-2-1-8(17(20)21)5-11(12)18(22)23;2*1-12(2)9(13)11-8-5-3-7(10)4-6-8;2*8-5-1-4(3-10)2-6(9)7(5)11/h6-10,12H,1-5H3,(H,17,18);2*1-6,19H;2*3-6H,1-2H3,(H,11,13);2*1-2,11H/b;2*16-6+;;;;. The lowest BCUT2D eigenvalue weighted by Crippen LogP contribution is -2.47. The number of nitrogens with zero attached hydrogens (tertiary/aromatic N) is 10. The lowest BCUT2D eigenvalue weighted by atomic mass is 9.89. The molecule has 41 heteroatoms. The summed E-state index contributed by atoms with van der Waals surface area (Å²) in [6, 6.07) is 46.9. The zero-order valence-electron chi connectivity index (χ0n) is 60.5. The quantitative estimate of drug-likeness (QED) is 0.0217. The summed E-state index contributed by atoms with van der Waals surface area (Å²) in [5.41, 5.74) is 2.30. The summed E-state index contributed by atoms with van der Waals surface area (Å²) in [6.07, 6.45) is 2.53. The average molecular weight is 2270 g/mol. The molecule has 600 valence electrons. The smallest absolute Gasteiger partial charge is 0.321 e. The van der Waals surface area contributed by atoms with Crippen LogP contribution in [0.15, 0.2) is 219 Å². The second-order valence-corrected chi connectivity index (χ2v) is 33.9. The number of carbonyl (C=O) groups is 3. The van der Waals surface area contributed by atoms with Crippen molar-refractivity contribution in [2.75, 3.05) is 38.8 Å². The van der Waals surface area contributed by atoms with Gasteiger partial charge in [-0.25, -0.2) is 9.59 Å². The Labute approximate surface area is 745 Å². The number of anilines is 2. The van der Waals surface area contributed by atoms with Crippen LogP contribution in [0.25, 0.3) is 0 Å². The van der Waals surface area contributed by atoms with Crippen LogP contribution in [0.1, 0.15) is 62.4 Å². The van der Waals surface area contributed by atoms with Gasteiger partial charge >= 0.3 is 23.4 Å². The van der Waals surface area contributed by atoms with Crippen molar-refractivity contribution in [1.82, 2.24) is 15.1 Å². The Hall–Kier alpha value is -9.01. The van der Waals surface area contributed by atoms with E-state index in [0.29, 0.717) is 58.0 Å². The highest BCUT2D eigenvalue weighted by Gasteiger charge is 2.33. The number of alkyl halides is 1. The molecule has 0 bridgehead atoms. The molecule has 114 heavy (non-hydrogen) atoms. The Bertz CT molecular complexity index is 4710. The summed E-state index contributed by atoms with van der Waals surface area (Å²) in [7, 11) is 6.81. The number of rotatable bonds is 15. The number of nitro benzene ring substituents is 4. The van der Waals surface area contributed by atoms with Crippen LogP contribution in [0.4, 0.5) is 43.7 Å². The summed E-state index contributed by atoms with van der Waals surface area (Å²) in [5, 5.41) is 114. The first kappa shape index (κ1) is 99.2. The van der Waals surface area contributed by atoms with Gasteiger partial charge in [0.1, 0.15) is 23.0 Å². The predicted octanol–water partition coefficient (Wildman–Crippen LogP) is 22.8. The van der Waals surface area contributed by atoms with Gasteiger partial charge in [-0.2, -0.15) is 10.5 Å². The summed E-state index contributed by atoms with van der Waals surface area (Å²) in [5.74, 6) is -0.194. The number of amides is 5. The van der Waals surface area contributed by atoms with Crippen LogP contribution in [-0.4, -0.2) is 113 Å². The fourth-order valence-electron chi connectivity index (χ4n) is 7.77. The maximum absolute atomic E-state index is 12.2. The number of halogens is 11. The maximum atomic E-state index is 12.2. The number of hydrogen-bond donors (Lipinski definition) is 7. The van der Waals surface area contributed by atoms with Crippen LogP contribution >= 0.6 is 175 Å². The number of nitrogens with one attached hydrogen (secondary N) is 3. The summed E-state index contributed by atoms with van der Waals surface area (Å²) in [6.45, 7) is 10.2. The van der Waals surface area contributed by atoms with E-state index in [2.05, 4.69) is 201 Å². The number of benzene rings is 9. The number of non-ortho nitro benzene ring substituents is 2. The van der Waals surface area contributed by atoms with Crippen LogP contribution in [-0.2, 0) is 10.3 Å². The summed E-state index contributed by atoms with van der Waals surface area (Å²) < 4.78 is 5.72. The Kier molecular flexibility index (Phi) is 41.5. The molecule has 1 atom stereocenters. The molecule has 0 aliphatic carbocycles. The molecule has 0 saturated heterocycles. The van der Waals surface area contributed by atoms with E-state index in [0.717, 1.165) is 62.3 Å². The van der Waals surface area contributed by atoms with E-state index in [1.165, 1.54) is 22.2 Å². The largest absolute Gasteiger partial charge is 0.506 e. The van der Waals surface area contributed by atoms with Crippen molar-refractivity contribution < 1.29 is 64.2 Å². The van der Waals surface area contributed by atoms with Gasteiger partial charge in [-0.3, -0.25) is 45.3 Å². The highest BCUT2D eigenvalue weighted by Crippen LogP contribution is 2.38. The Morgan fingerprint density at radius 2 is 0.763 bits per heavy atom. The summed E-state index contributed by atoms with van der Waals surface area (Å²) >= 11 is 35.1. The van der Waals surface area contributed by atoms with Gasteiger partial charge in [0, 0.05) is 60.6 Å². The second kappa shape index (κ2) is 47.7. The number of aromatic hydroxyl groups is 4. The van der Waals surface area contributed by atoms with Crippen molar-refractivity contribution in [2.45, 2.75) is 45.0 Å². The first-order valence-electron chi connectivity index (χ1n) is 31.5. The van der Waals surface area contributed by atoms with E-state index in [1.807, 2.05) is 126 Å². The molecule has 1 unspecified atom stereocenters. The zero-order valence-corrected chi connectivity index (χ0v) is 78.0. The Morgan fingerprint density at radius 1 is 0.465 bits per heavy atom. The number of phenolic OH excluding ortho intramolecular Hbond substituents is 4. The molecule has 30 nitrogen and oxygen atoms in total. The normalized spacial score (nSPS) is 10.7. The number of urea groups is 2. The highest BCUT2D eigenvalue weighted by atomic mass is 79.9. The van der Waals surface area contributed by atoms with Crippen LogP contribution < -0.4 is 25.6 Å². The number of nitro groups is 4. The third-order valence-corrected chi connectivity index (χ3v) is 21.4. The van der Waals surface area contributed by atoms with Crippen molar-refractivity contribution in [3.8, 4) is 46.6 Å². The van der Waals surface area contributed by atoms with Crippen molar-refractivity contribution in [3.63, 3.8) is 0 Å². The molecule has 0 fully saturated rings. The predicted molar refractivity (Wildman–Crippen MR) is 473 cm³/mol. The molecule has 0 saturated carbocycles. The molecule has 0 radical (unpaired) electrons. The molecule has 0 aliphatic rings. The van der Waals surface area contributed by atoms with Gasteiger partial charge in [0.15, 0.2) is 0 Å². The molecular formula is C73H64Br11N13O17. The SMILES string of the molecule is CC(C)(NC(=O)C(Br)C(C)(C)C)c1ccccc1.CN(C)C(=O)Nc1ccc(Br)cc1.CN(C)C(=O)Nc1ccc(Br)cc1.N#Cc1cc(Br)c(O)c(Br)c1.N#Cc1cc(Br)c(O)c(Br)c1.O=[N+]([O-])c1ccc(O/N=C/c2cc(Br)c(O)c(Br)c2)c([N+](=O)[O-])c1.O=[N+]([O-])c1ccc(O/N=C/c2cc(Br)c(O)c(Br)c2)c([N+](=O)[O-])c1. The minimum atomic E-state index is -0.800. The highest BCUT2D eigenvalue weighted by molar-refractivity contribution is 9.12. The number of phenols is 4. The molecule has 9 rings (SSSR count). The number of hydrogen-bond acceptors (Lipinski definition) is 21. The van der Waals surface area contributed by atoms with Crippen LogP contribution in [0.2, 0.25) is 0 Å². The zero-order chi connectivity index (χ0) is 86.2. The van der Waals surface area contributed by atoms with Crippen LogP contribution in [0.5, 0.6) is 34.5 Å². The van der Waals surface area contributed by atoms with Gasteiger partial charge in [-0.1, -0.05) is 109 Å². The molecule has 9 aromatic carbocycles. The minimum Gasteiger partial charge on any atom is -0.506 e. The minimum absolute atomic E-state index is 0.0130. The van der Waals surface area contributed by atoms with Gasteiger partial charge < -0.3 is 55.9 Å². The topological polar surface area (TPSA) is 438 Å². The first-order chi connectivity index (χ1) is 53.2. The lowest BCUT2D eigenvalue weighted by Gasteiger charge is -2.31. The fraction of sp³-hybridized carbons (Fsp3) is 0.164. The molecule has 9 aromatic rings. The third kappa shape index (κ3) is 33.8. The molecule has 0 spiro atoms. The maximum Gasteiger partial charge on any atom is 0.321 e. The molecule has 0 aliphatic heterocycles. The fourth-order valence-corrected chi connectivity index (χ4v) is 13.2. The van der Waals surface area contributed by atoms with Gasteiger partial charge in [-0.15, -0.1) is 0 Å². The second-order valence-electron chi connectivity index (χ2n) is 24.3. The van der Waals surface area contributed by atoms with E-state index in [9.17, 15) is 75.3 Å². The van der Waals surface area contributed by atoms with Crippen molar-refractivity contribution in [2.24, 2.45) is 15.7 Å². The van der Waals surface area contributed by atoms with Crippen molar-refractivity contribution in [1.29, 1.82) is 10.5 Å². The van der Waals surface area contributed by atoms with Gasteiger partial charge in [0.2, 0.25) is 17.4 Å². The third-order valence-electron chi connectivity index (χ3n) is 13.7. The van der Waals surface area contributed by atoms with E-state index in [-0.39, 0.29) is 68.2 Å². The van der Waals surface area contributed by atoms with Crippen LogP contribution in [0.3, 0.4) is 0 Å². The lowest BCUT2D eigenvalue weighted by molar-refractivity contribution is -0.395. The van der Waals surface area contributed by atoms with Gasteiger partial charge in [0.25, 0.3) is 11.4 Å². The van der Waals surface area contributed by atoms with E-state index >= 15 is 0 Å². The van der Waals surface area contributed by atoms with Gasteiger partial charge in [-0.05, 0) is 273 Å². The van der Waals surface area contributed by atoms with Crippen LogP contribution in [0, 0.1) is 68.5 Å². The first-order valence-corrected chi connectivity index (χ1v) is 40.3. The molecular weight excluding hydrogens is 2210 g/mol. The number of nitriles is 2. The molecule has 0 aromatic heterocycles. The number of oxime groups is 2. The number of carbonyl (C=O) groups excluding carboxylic acids is 3. The van der Waals surface area contributed by atoms with Gasteiger partial charge in [0.05, 0.1) is 114 Å². The average Bonchev–Trinajstić information content (AvgIpc) is 0.848. The van der Waals surface area contributed by atoms with Crippen molar-refractivity contribution in [3.05, 3.63) is 277 Å². The monoisotopic (exact) mass is 2260 g/mol. The van der Waals surface area contributed by atoms with E-state index in [4.69, 9.17) is 20.2 Å². The van der Waals surface area contributed by atoms with Crippen molar-refractivity contribution >= 4 is 240 Å². The Morgan fingerprint density at radius 3 is 1.03 bits per heavy atom. The molecule has 5 amide bonds. The molecule has 7 N–H and O–H groups in total.